The van der Waals surface area contributed by atoms with Crippen molar-refractivity contribution in [1.82, 2.24) is 9.21 Å². The van der Waals surface area contributed by atoms with Gasteiger partial charge in [-0.3, -0.25) is 4.79 Å². The van der Waals surface area contributed by atoms with E-state index in [0.717, 1.165) is 10.4 Å². The molecular formula is C15H20ClF3N2O4S. The van der Waals surface area contributed by atoms with Crippen molar-refractivity contribution in [2.45, 2.75) is 24.2 Å². The van der Waals surface area contributed by atoms with Gasteiger partial charge in [0.05, 0.1) is 0 Å². The fraction of sp³-hybridized carbons (Fsp3) is 0.533. The van der Waals surface area contributed by atoms with Crippen LogP contribution in [0.25, 0.3) is 0 Å². The molecule has 148 valence electrons. The van der Waals surface area contributed by atoms with Crippen LogP contribution in [0.15, 0.2) is 17.0 Å². The average molecular weight is 417 g/mol. The fourth-order valence-corrected chi connectivity index (χ4v) is 4.13. The molecule has 6 nitrogen and oxygen atoms in total. The van der Waals surface area contributed by atoms with Gasteiger partial charge in [-0.15, -0.1) is 12.4 Å². The normalized spacial score (nSPS) is 16.3. The highest BCUT2D eigenvalue weighted by Crippen LogP contribution is 2.24. The largest absolute Gasteiger partial charge is 0.481 e. The molecule has 1 aliphatic rings. The van der Waals surface area contributed by atoms with Gasteiger partial charge in [0.2, 0.25) is 10.0 Å². The number of carboxylic acids is 1. The molecule has 2 rings (SSSR count). The molecule has 1 N–H and O–H groups in total. The van der Waals surface area contributed by atoms with Crippen LogP contribution in [-0.2, 0) is 14.8 Å². The monoisotopic (exact) mass is 416 g/mol. The summed E-state index contributed by atoms with van der Waals surface area (Å²) in [6, 6.07) is 1.31. The lowest BCUT2D eigenvalue weighted by Gasteiger charge is -2.34. The Bertz CT molecular complexity index is 741. The number of hydrogen-bond acceptors (Lipinski definition) is 4. The lowest BCUT2D eigenvalue weighted by atomic mass is 10.2. The number of benzene rings is 1. The topological polar surface area (TPSA) is 77.9 Å². The van der Waals surface area contributed by atoms with Gasteiger partial charge in [-0.1, -0.05) is 0 Å². The number of hydrogen-bond donors (Lipinski definition) is 1. The lowest BCUT2D eigenvalue weighted by molar-refractivity contribution is -0.137. The summed E-state index contributed by atoms with van der Waals surface area (Å²) in [6.45, 7) is 1.63. The van der Waals surface area contributed by atoms with Crippen molar-refractivity contribution in [1.29, 1.82) is 0 Å². The molecule has 1 aromatic carbocycles. The van der Waals surface area contributed by atoms with E-state index in [-0.39, 0.29) is 31.9 Å². The predicted molar refractivity (Wildman–Crippen MR) is 90.2 cm³/mol. The van der Waals surface area contributed by atoms with Crippen molar-refractivity contribution in [2.24, 2.45) is 0 Å². The second-order valence-electron chi connectivity index (χ2n) is 5.77. The molecule has 0 bridgehead atoms. The Hall–Kier alpha value is -1.36. The van der Waals surface area contributed by atoms with E-state index < -0.39 is 38.3 Å². The van der Waals surface area contributed by atoms with Gasteiger partial charge in [0.15, 0.2) is 17.5 Å². The van der Waals surface area contributed by atoms with Crippen LogP contribution >= 0.6 is 12.4 Å². The predicted octanol–water partition coefficient (Wildman–Crippen LogP) is 2.09. The number of aliphatic carboxylic acids is 1. The van der Waals surface area contributed by atoms with E-state index in [2.05, 4.69) is 0 Å². The molecule has 1 aliphatic heterocycles. The van der Waals surface area contributed by atoms with Gasteiger partial charge in [0.25, 0.3) is 0 Å². The van der Waals surface area contributed by atoms with E-state index in [1.165, 1.54) is 0 Å². The minimum absolute atomic E-state index is 0. The summed E-state index contributed by atoms with van der Waals surface area (Å²) in [5.41, 5.74) is 0. The van der Waals surface area contributed by atoms with Crippen LogP contribution in [0.4, 0.5) is 13.2 Å². The third-order valence-electron chi connectivity index (χ3n) is 4.06. The summed E-state index contributed by atoms with van der Waals surface area (Å²) >= 11 is 0. The molecule has 1 fully saturated rings. The Kier molecular flexibility index (Phi) is 8.32. The van der Waals surface area contributed by atoms with Gasteiger partial charge in [0.1, 0.15) is 4.90 Å². The van der Waals surface area contributed by atoms with Gasteiger partial charge in [0, 0.05) is 32.6 Å². The number of rotatable bonds is 7. The lowest BCUT2D eigenvalue weighted by Crippen LogP contribution is -2.48. The third-order valence-corrected chi connectivity index (χ3v) is 5.98. The summed E-state index contributed by atoms with van der Waals surface area (Å²) in [4.78, 5) is 11.6. The highest BCUT2D eigenvalue weighted by atomic mass is 35.5. The van der Waals surface area contributed by atoms with E-state index >= 15 is 0 Å². The molecule has 0 aromatic heterocycles. The molecule has 0 saturated carbocycles. The SMILES string of the molecule is Cl.O=C(O)CCCCN1CCN(S(=O)(=O)c2ccc(F)c(F)c2F)CC1. The molecular weight excluding hydrogens is 397 g/mol. The first kappa shape index (κ1) is 22.7. The van der Waals surface area contributed by atoms with Crippen LogP contribution < -0.4 is 0 Å². The number of nitrogens with zero attached hydrogens (tertiary/aromatic N) is 2. The summed E-state index contributed by atoms with van der Waals surface area (Å²) in [5.74, 6) is -5.82. The molecule has 0 aliphatic carbocycles. The molecule has 1 saturated heterocycles. The first-order valence-electron chi connectivity index (χ1n) is 7.81. The highest BCUT2D eigenvalue weighted by molar-refractivity contribution is 7.89. The van der Waals surface area contributed by atoms with E-state index in [1.807, 2.05) is 4.90 Å². The maximum atomic E-state index is 13.8. The number of piperazine rings is 1. The van der Waals surface area contributed by atoms with Gasteiger partial charge in [-0.25, -0.2) is 21.6 Å². The Labute approximate surface area is 156 Å². The van der Waals surface area contributed by atoms with E-state index in [4.69, 9.17) is 5.11 Å². The highest BCUT2D eigenvalue weighted by Gasteiger charge is 2.32. The maximum absolute atomic E-state index is 13.8. The van der Waals surface area contributed by atoms with E-state index in [1.54, 1.807) is 0 Å². The smallest absolute Gasteiger partial charge is 0.303 e. The maximum Gasteiger partial charge on any atom is 0.303 e. The van der Waals surface area contributed by atoms with Crippen LogP contribution in [0.3, 0.4) is 0 Å². The molecule has 0 unspecified atom stereocenters. The summed E-state index contributed by atoms with van der Waals surface area (Å²) in [7, 11) is -4.24. The van der Waals surface area contributed by atoms with E-state index in [9.17, 15) is 26.4 Å². The third kappa shape index (κ3) is 5.32. The van der Waals surface area contributed by atoms with Crippen molar-refractivity contribution in [3.05, 3.63) is 29.6 Å². The Morgan fingerprint density at radius 3 is 2.23 bits per heavy atom. The van der Waals surface area contributed by atoms with Crippen molar-refractivity contribution in [3.63, 3.8) is 0 Å². The van der Waals surface area contributed by atoms with Crippen LogP contribution in [0.1, 0.15) is 19.3 Å². The Morgan fingerprint density at radius 2 is 1.65 bits per heavy atom. The molecule has 26 heavy (non-hydrogen) atoms. The zero-order valence-electron chi connectivity index (χ0n) is 13.8. The van der Waals surface area contributed by atoms with Crippen molar-refractivity contribution < 1.29 is 31.5 Å². The van der Waals surface area contributed by atoms with Gasteiger partial charge >= 0.3 is 5.97 Å². The van der Waals surface area contributed by atoms with Crippen LogP contribution in [-0.4, -0.2) is 61.4 Å². The standard InChI is InChI=1S/C15H19F3N2O4S.ClH/c16-11-4-5-12(15(18)14(11)17)25(23,24)20-9-7-19(8-10-20)6-2-1-3-13(21)22;/h4-5H,1-3,6-10H2,(H,21,22);1H. The molecule has 11 heteroatoms. The first-order valence-corrected chi connectivity index (χ1v) is 9.25. The quantitative estimate of drug-likeness (QED) is 0.544. The first-order chi connectivity index (χ1) is 11.7. The zero-order chi connectivity index (χ0) is 18.6. The molecule has 0 amide bonds. The number of carboxylic acid groups (broad SMARTS) is 1. The summed E-state index contributed by atoms with van der Waals surface area (Å²) in [5, 5.41) is 8.57. The van der Waals surface area contributed by atoms with Crippen LogP contribution in [0.2, 0.25) is 0 Å². The van der Waals surface area contributed by atoms with Crippen LogP contribution in [0.5, 0.6) is 0 Å². The fourth-order valence-electron chi connectivity index (χ4n) is 2.65. The van der Waals surface area contributed by atoms with Gasteiger partial charge in [-0.05, 0) is 31.5 Å². The summed E-state index contributed by atoms with van der Waals surface area (Å²) < 4.78 is 65.9. The van der Waals surface area contributed by atoms with Crippen molar-refractivity contribution in [2.75, 3.05) is 32.7 Å². The minimum Gasteiger partial charge on any atom is -0.481 e. The number of halogens is 4. The second kappa shape index (κ2) is 9.54. The molecule has 0 spiro atoms. The van der Waals surface area contributed by atoms with Crippen molar-refractivity contribution >= 4 is 28.4 Å². The number of sulfonamides is 1. The Balaban J connectivity index is 0.00000338. The van der Waals surface area contributed by atoms with Gasteiger partial charge in [-0.2, -0.15) is 4.31 Å². The molecule has 0 radical (unpaired) electrons. The zero-order valence-corrected chi connectivity index (χ0v) is 15.5. The molecule has 1 heterocycles. The number of unbranched alkanes of at least 4 members (excludes halogenated alkanes) is 1. The second-order valence-corrected chi connectivity index (χ2v) is 7.68. The summed E-state index contributed by atoms with van der Waals surface area (Å²) in [6.07, 6.45) is 1.30. The van der Waals surface area contributed by atoms with Crippen molar-refractivity contribution in [3.8, 4) is 0 Å². The van der Waals surface area contributed by atoms with Gasteiger partial charge < -0.3 is 10.0 Å². The van der Waals surface area contributed by atoms with Crippen LogP contribution in [0, 0.1) is 17.5 Å². The minimum atomic E-state index is -4.24. The average Bonchev–Trinajstić information content (AvgIpc) is 2.56. The molecule has 1 aromatic rings. The Morgan fingerprint density at radius 1 is 1.04 bits per heavy atom. The molecule has 0 atom stereocenters. The number of carbonyl (C=O) groups is 1. The van der Waals surface area contributed by atoms with E-state index in [0.29, 0.717) is 38.5 Å².